The number of nitrogens with zero attached hydrogens (tertiary/aromatic N) is 9. The van der Waals surface area contributed by atoms with Gasteiger partial charge in [0.2, 0.25) is 11.8 Å². The third kappa shape index (κ3) is 4.05. The monoisotopic (exact) mass is 471 g/mol. The van der Waals surface area contributed by atoms with Crippen LogP contribution in [-0.4, -0.2) is 71.9 Å². The fourth-order valence-electron chi connectivity index (χ4n) is 3.99. The van der Waals surface area contributed by atoms with E-state index >= 15 is 0 Å². The Morgan fingerprint density at radius 2 is 1.91 bits per heavy atom. The smallest absolute Gasteiger partial charge is 0.326 e. The largest absolute Gasteiger partial charge is 0.493 e. The molecule has 0 bridgehead atoms. The summed E-state index contributed by atoms with van der Waals surface area (Å²) in [4.78, 5) is 39.2. The zero-order valence-corrected chi connectivity index (χ0v) is 18.6. The van der Waals surface area contributed by atoms with Crippen LogP contribution >= 0.6 is 0 Å². The fourth-order valence-corrected chi connectivity index (χ4v) is 3.99. The molecule has 0 radical (unpaired) electrons. The molecule has 13 heteroatoms. The Morgan fingerprint density at radius 1 is 1.11 bits per heavy atom. The van der Waals surface area contributed by atoms with Gasteiger partial charge in [0.15, 0.2) is 5.65 Å². The van der Waals surface area contributed by atoms with Crippen molar-refractivity contribution in [3.63, 3.8) is 0 Å². The van der Waals surface area contributed by atoms with Gasteiger partial charge in [0.25, 0.3) is 5.62 Å². The first kappa shape index (κ1) is 20.8. The number of nitriles is 1. The number of pyridine rings is 1. The molecule has 5 heterocycles. The molecule has 1 saturated heterocycles. The Labute approximate surface area is 197 Å². The molecule has 0 unspecified atom stereocenters. The van der Waals surface area contributed by atoms with Crippen LogP contribution in [0.2, 0.25) is 0 Å². The summed E-state index contributed by atoms with van der Waals surface area (Å²) in [5.74, 6) is 1.13. The first-order chi connectivity index (χ1) is 17.1. The summed E-state index contributed by atoms with van der Waals surface area (Å²) in [6.45, 7) is 2.80. The van der Waals surface area contributed by atoms with Gasteiger partial charge in [0, 0.05) is 37.6 Å². The van der Waals surface area contributed by atoms with E-state index in [0.29, 0.717) is 41.1 Å². The second-order valence-corrected chi connectivity index (χ2v) is 8.50. The highest BCUT2D eigenvalue weighted by atomic mass is 16.3. The Balaban J connectivity index is 1.34. The van der Waals surface area contributed by atoms with Crippen LogP contribution < -0.4 is 26.3 Å². The molecular weight excluding hydrogens is 450 g/mol. The molecule has 176 valence electrons. The Bertz CT molecular complexity index is 1620. The number of fused-ring (bicyclic) bond motifs is 1. The molecule has 6 rings (SSSR count). The van der Waals surface area contributed by atoms with E-state index in [9.17, 15) is 9.90 Å². The van der Waals surface area contributed by atoms with Crippen molar-refractivity contribution in [2.24, 2.45) is 4.99 Å². The molecule has 35 heavy (non-hydrogen) atoms. The summed E-state index contributed by atoms with van der Waals surface area (Å²) in [6.07, 6.45) is 6.85. The van der Waals surface area contributed by atoms with E-state index in [2.05, 4.69) is 35.9 Å². The second kappa shape index (κ2) is 8.24. The lowest BCUT2D eigenvalue weighted by molar-refractivity contribution is 0.454. The van der Waals surface area contributed by atoms with Crippen LogP contribution in [0, 0.1) is 11.3 Å². The lowest BCUT2D eigenvalue weighted by Crippen LogP contribution is -2.48. The van der Waals surface area contributed by atoms with Crippen molar-refractivity contribution >= 4 is 23.5 Å². The van der Waals surface area contributed by atoms with Crippen LogP contribution in [0.25, 0.3) is 11.7 Å². The van der Waals surface area contributed by atoms with Crippen LogP contribution in [0.5, 0.6) is 5.88 Å². The number of imidazole rings is 1. The second-order valence-electron chi connectivity index (χ2n) is 8.50. The maximum atomic E-state index is 11.5. The molecular formula is C22H21N11O2. The van der Waals surface area contributed by atoms with Gasteiger partial charge in [-0.25, -0.2) is 14.8 Å². The summed E-state index contributed by atoms with van der Waals surface area (Å²) in [5, 5.41) is 24.0. The minimum absolute atomic E-state index is 0.238. The maximum Gasteiger partial charge on any atom is 0.326 e. The van der Waals surface area contributed by atoms with Crippen molar-refractivity contribution < 1.29 is 5.11 Å². The van der Waals surface area contributed by atoms with E-state index in [1.54, 1.807) is 29.1 Å². The third-order valence-corrected chi connectivity index (χ3v) is 6.01. The van der Waals surface area contributed by atoms with Gasteiger partial charge in [-0.15, -0.1) is 0 Å². The summed E-state index contributed by atoms with van der Waals surface area (Å²) >= 11 is 0. The van der Waals surface area contributed by atoms with Gasteiger partial charge in [0.05, 0.1) is 17.8 Å². The molecule has 0 spiro atoms. The van der Waals surface area contributed by atoms with Crippen LogP contribution in [0.3, 0.4) is 0 Å². The summed E-state index contributed by atoms with van der Waals surface area (Å²) < 4.78 is 1.59. The molecule has 4 aromatic rings. The van der Waals surface area contributed by atoms with E-state index in [1.165, 1.54) is 0 Å². The highest BCUT2D eigenvalue weighted by Gasteiger charge is 2.23. The average Bonchev–Trinajstić information content (AvgIpc) is 3.52. The molecule has 4 aromatic heterocycles. The third-order valence-electron chi connectivity index (χ3n) is 6.01. The van der Waals surface area contributed by atoms with Gasteiger partial charge in [-0.05, 0) is 31.1 Å². The molecule has 2 aliphatic rings. The topological polar surface area (TPSA) is 167 Å². The van der Waals surface area contributed by atoms with Gasteiger partial charge in [-0.3, -0.25) is 4.98 Å². The Kier molecular flexibility index (Phi) is 4.91. The number of rotatable bonds is 4. The van der Waals surface area contributed by atoms with Crippen LogP contribution in [0.15, 0.2) is 34.3 Å². The number of hydrogen-bond donors (Lipinski definition) is 3. The highest BCUT2D eigenvalue weighted by Crippen LogP contribution is 2.22. The van der Waals surface area contributed by atoms with Crippen LogP contribution in [-0.2, 0) is 0 Å². The Hall–Kier alpha value is -4.73. The molecule has 2 fully saturated rings. The number of aromatic amines is 2. The first-order valence-electron chi connectivity index (χ1n) is 11.3. The van der Waals surface area contributed by atoms with Crippen molar-refractivity contribution in [2.75, 3.05) is 36.0 Å². The van der Waals surface area contributed by atoms with E-state index in [4.69, 9.17) is 20.2 Å². The zero-order valence-electron chi connectivity index (χ0n) is 18.6. The molecule has 1 saturated carbocycles. The molecule has 0 atom stereocenters. The maximum absolute atomic E-state index is 11.5. The van der Waals surface area contributed by atoms with Gasteiger partial charge in [0.1, 0.15) is 17.6 Å². The van der Waals surface area contributed by atoms with Crippen molar-refractivity contribution in [1.82, 2.24) is 34.5 Å². The lowest BCUT2D eigenvalue weighted by Gasteiger charge is -2.35. The van der Waals surface area contributed by atoms with Crippen molar-refractivity contribution in [3.05, 3.63) is 57.1 Å². The fraction of sp³-hybridized carbons (Fsp3) is 0.318. The summed E-state index contributed by atoms with van der Waals surface area (Å²) in [5.41, 5.74) is 1.29. The molecule has 1 aliphatic heterocycles. The summed E-state index contributed by atoms with van der Waals surface area (Å²) in [6, 6.07) is 5.95. The standard InChI is InChI=1S/C22H21N11O2/c23-10-13-1-4-17(24-11-13)31-5-7-32(8-6-31)20-28-18-14(9-16-19(34)29-22(35)27-16)12-25-33(18)21(30-20)26-15-2-3-15/h1,4,9,11-12,15,34H,2-3,5-8H2,(H2,27,29,35). The lowest BCUT2D eigenvalue weighted by atomic mass is 10.2. The number of aromatic nitrogens is 7. The zero-order chi connectivity index (χ0) is 23.9. The minimum atomic E-state index is -0.500. The SMILES string of the molecule is N#Cc1ccc(N2CCN(c3nc(=NC4CC4)n4ncc(=Cc5[nH]c(=O)[nH]c5O)c4n3)CC2)nc1. The molecule has 0 amide bonds. The van der Waals surface area contributed by atoms with Crippen molar-refractivity contribution in [2.45, 2.75) is 18.9 Å². The van der Waals surface area contributed by atoms with Crippen molar-refractivity contribution in [3.8, 4) is 11.9 Å². The number of aromatic hydroxyl groups is 1. The molecule has 1 aliphatic carbocycles. The van der Waals surface area contributed by atoms with Crippen LogP contribution in [0.4, 0.5) is 11.8 Å². The number of hydrogen-bond acceptors (Lipinski definition) is 10. The van der Waals surface area contributed by atoms with Gasteiger partial charge >= 0.3 is 5.69 Å². The number of anilines is 2. The predicted molar refractivity (Wildman–Crippen MR) is 125 cm³/mol. The summed E-state index contributed by atoms with van der Waals surface area (Å²) in [7, 11) is 0. The minimum Gasteiger partial charge on any atom is -0.493 e. The van der Waals surface area contributed by atoms with Gasteiger partial charge in [-0.1, -0.05) is 0 Å². The quantitative estimate of drug-likeness (QED) is 0.340. The van der Waals surface area contributed by atoms with E-state index in [1.807, 2.05) is 6.07 Å². The van der Waals surface area contributed by atoms with E-state index in [-0.39, 0.29) is 17.6 Å². The average molecular weight is 471 g/mol. The van der Waals surface area contributed by atoms with Gasteiger partial charge < -0.3 is 19.9 Å². The number of nitrogens with one attached hydrogen (secondary N) is 2. The number of H-pyrrole nitrogens is 2. The first-order valence-corrected chi connectivity index (χ1v) is 11.3. The van der Waals surface area contributed by atoms with Gasteiger partial charge in [-0.2, -0.15) is 24.8 Å². The molecule has 13 nitrogen and oxygen atoms in total. The van der Waals surface area contributed by atoms with Crippen molar-refractivity contribution in [1.29, 1.82) is 5.26 Å². The predicted octanol–water partition coefficient (Wildman–Crippen LogP) is -0.950. The highest BCUT2D eigenvalue weighted by molar-refractivity contribution is 5.57. The molecule has 0 aromatic carbocycles. The van der Waals surface area contributed by atoms with E-state index < -0.39 is 5.69 Å². The van der Waals surface area contributed by atoms with Crippen LogP contribution in [0.1, 0.15) is 24.1 Å². The van der Waals surface area contributed by atoms with E-state index in [0.717, 1.165) is 31.7 Å². The normalized spacial score (nSPS) is 17.3. The number of piperazine rings is 1. The molecule has 3 N–H and O–H groups in total. The Morgan fingerprint density at radius 3 is 2.57 bits per heavy atom.